The van der Waals surface area contributed by atoms with Crippen LogP contribution in [0.15, 0.2) is 0 Å². The summed E-state index contributed by atoms with van der Waals surface area (Å²) in [5.74, 6) is 0.365. The monoisotopic (exact) mass is 294 g/mol. The normalized spacial score (nSPS) is 22.7. The first-order valence-corrected chi connectivity index (χ1v) is 8.87. The first-order chi connectivity index (χ1) is 10.1. The van der Waals surface area contributed by atoms with E-state index in [4.69, 9.17) is 4.74 Å². The van der Waals surface area contributed by atoms with Gasteiger partial charge >= 0.3 is 5.97 Å². The highest BCUT2D eigenvalue weighted by molar-refractivity contribution is 5.84. The van der Waals surface area contributed by atoms with E-state index >= 15 is 0 Å². The van der Waals surface area contributed by atoms with Crippen LogP contribution in [0.1, 0.15) is 84.0 Å². The second kappa shape index (κ2) is 8.55. The third kappa shape index (κ3) is 5.80. The molecule has 3 nitrogen and oxygen atoms in total. The lowest BCUT2D eigenvalue weighted by molar-refractivity contribution is -0.156. The third-order valence-electron chi connectivity index (χ3n) is 5.01. The second-order valence-electron chi connectivity index (χ2n) is 7.05. The van der Waals surface area contributed by atoms with E-state index in [0.717, 1.165) is 25.7 Å². The van der Waals surface area contributed by atoms with Gasteiger partial charge in [0, 0.05) is 12.8 Å². The fraction of sp³-hybridized carbons (Fsp3) is 0.889. The highest BCUT2D eigenvalue weighted by Gasteiger charge is 2.25. The summed E-state index contributed by atoms with van der Waals surface area (Å²) < 4.78 is 5.55. The van der Waals surface area contributed by atoms with Crippen LogP contribution >= 0.6 is 0 Å². The quantitative estimate of drug-likeness (QED) is 0.681. The molecule has 0 aromatic carbocycles. The summed E-state index contributed by atoms with van der Waals surface area (Å²) in [5.41, 5.74) is 0. The Bertz CT molecular complexity index is 338. The minimum Gasteiger partial charge on any atom is -0.462 e. The lowest BCUT2D eigenvalue weighted by Crippen LogP contribution is -2.26. The number of esters is 1. The van der Waals surface area contributed by atoms with E-state index in [1.54, 1.807) is 0 Å². The number of ketones is 1. The zero-order chi connectivity index (χ0) is 15.1. The maximum Gasteiger partial charge on any atom is 0.309 e. The van der Waals surface area contributed by atoms with E-state index < -0.39 is 0 Å². The topological polar surface area (TPSA) is 43.4 Å². The average molecular weight is 294 g/mol. The van der Waals surface area contributed by atoms with Crippen LogP contribution in [0.25, 0.3) is 0 Å². The van der Waals surface area contributed by atoms with E-state index in [1.807, 2.05) is 6.92 Å². The van der Waals surface area contributed by atoms with Crippen LogP contribution in [-0.4, -0.2) is 17.9 Å². The molecule has 2 aliphatic carbocycles. The molecule has 2 aliphatic rings. The summed E-state index contributed by atoms with van der Waals surface area (Å²) in [7, 11) is 0. The minimum absolute atomic E-state index is 0.0992. The van der Waals surface area contributed by atoms with E-state index in [0.29, 0.717) is 18.8 Å². The minimum atomic E-state index is -0.275. The van der Waals surface area contributed by atoms with Gasteiger partial charge in [0.25, 0.3) is 0 Å². The van der Waals surface area contributed by atoms with Crippen molar-refractivity contribution in [3.63, 3.8) is 0 Å². The van der Waals surface area contributed by atoms with Crippen molar-refractivity contribution in [2.45, 2.75) is 90.1 Å². The first kappa shape index (κ1) is 16.5. The van der Waals surface area contributed by atoms with Crippen molar-refractivity contribution in [1.29, 1.82) is 0 Å². The fourth-order valence-corrected chi connectivity index (χ4v) is 3.68. The average Bonchev–Trinajstić information content (AvgIpc) is 2.49. The van der Waals surface area contributed by atoms with Gasteiger partial charge in [0.15, 0.2) is 0 Å². The Kier molecular flexibility index (Phi) is 6.72. The summed E-state index contributed by atoms with van der Waals surface area (Å²) in [6, 6.07) is 0. The molecule has 3 heteroatoms. The van der Waals surface area contributed by atoms with Crippen LogP contribution in [0.2, 0.25) is 0 Å². The summed E-state index contributed by atoms with van der Waals surface area (Å²) >= 11 is 0. The SMILES string of the molecule is CC(CC(=O)CC1CCCCC1)C(=O)OC1CCCCC1. The highest BCUT2D eigenvalue weighted by Crippen LogP contribution is 2.27. The van der Waals surface area contributed by atoms with Crippen LogP contribution in [0.4, 0.5) is 0 Å². The highest BCUT2D eigenvalue weighted by atomic mass is 16.5. The molecule has 120 valence electrons. The van der Waals surface area contributed by atoms with Gasteiger partial charge in [-0.15, -0.1) is 0 Å². The van der Waals surface area contributed by atoms with Gasteiger partial charge in [-0.05, 0) is 31.6 Å². The standard InChI is InChI=1S/C18H30O3/c1-14(18(20)21-17-10-6-3-7-11-17)12-16(19)13-15-8-4-2-5-9-15/h14-15,17H,2-13H2,1H3. The van der Waals surface area contributed by atoms with E-state index in [1.165, 1.54) is 38.5 Å². The second-order valence-corrected chi connectivity index (χ2v) is 7.05. The van der Waals surface area contributed by atoms with Crippen LogP contribution in [0, 0.1) is 11.8 Å². The Morgan fingerprint density at radius 1 is 0.952 bits per heavy atom. The lowest BCUT2D eigenvalue weighted by Gasteiger charge is -2.24. The number of carbonyl (C=O) groups excluding carboxylic acids is 2. The van der Waals surface area contributed by atoms with Gasteiger partial charge in [0.1, 0.15) is 11.9 Å². The molecule has 0 bridgehead atoms. The fourth-order valence-electron chi connectivity index (χ4n) is 3.68. The van der Waals surface area contributed by atoms with Crippen LogP contribution in [0.3, 0.4) is 0 Å². The number of hydrogen-bond donors (Lipinski definition) is 0. The molecule has 2 saturated carbocycles. The number of rotatable bonds is 6. The van der Waals surface area contributed by atoms with Gasteiger partial charge in [-0.25, -0.2) is 0 Å². The number of Topliss-reactive ketones (excluding diaryl/α,β-unsaturated/α-hetero) is 1. The Labute approximate surface area is 128 Å². The van der Waals surface area contributed by atoms with Crippen LogP contribution in [0.5, 0.6) is 0 Å². The molecular formula is C18H30O3. The van der Waals surface area contributed by atoms with Crippen LogP contribution in [-0.2, 0) is 14.3 Å². The smallest absolute Gasteiger partial charge is 0.309 e. The van der Waals surface area contributed by atoms with Crippen LogP contribution < -0.4 is 0 Å². The molecule has 2 rings (SSSR count). The lowest BCUT2D eigenvalue weighted by atomic mass is 9.84. The van der Waals surface area contributed by atoms with Crippen molar-refractivity contribution in [2.24, 2.45) is 11.8 Å². The van der Waals surface area contributed by atoms with Gasteiger partial charge in [0.05, 0.1) is 5.92 Å². The van der Waals surface area contributed by atoms with Crippen molar-refractivity contribution >= 4 is 11.8 Å². The summed E-state index contributed by atoms with van der Waals surface area (Å²) in [6.07, 6.45) is 12.9. The molecule has 0 spiro atoms. The van der Waals surface area contributed by atoms with E-state index in [-0.39, 0.29) is 23.8 Å². The zero-order valence-corrected chi connectivity index (χ0v) is 13.4. The summed E-state index contributed by atoms with van der Waals surface area (Å²) in [5, 5.41) is 0. The molecule has 0 aromatic heterocycles. The Hall–Kier alpha value is -0.860. The molecule has 0 N–H and O–H groups in total. The van der Waals surface area contributed by atoms with Gasteiger partial charge in [-0.3, -0.25) is 9.59 Å². The Morgan fingerprint density at radius 3 is 2.14 bits per heavy atom. The molecule has 0 heterocycles. The first-order valence-electron chi connectivity index (χ1n) is 8.87. The van der Waals surface area contributed by atoms with E-state index in [9.17, 15) is 9.59 Å². The molecular weight excluding hydrogens is 264 g/mol. The molecule has 0 amide bonds. The maximum atomic E-state index is 12.1. The number of hydrogen-bond acceptors (Lipinski definition) is 3. The Balaban J connectivity index is 1.67. The largest absolute Gasteiger partial charge is 0.462 e. The molecule has 1 unspecified atom stereocenters. The summed E-state index contributed by atoms with van der Waals surface area (Å²) in [6.45, 7) is 1.84. The molecule has 0 saturated heterocycles. The maximum absolute atomic E-state index is 12.1. The zero-order valence-electron chi connectivity index (χ0n) is 13.4. The predicted octanol–water partition coefficient (Wildman–Crippen LogP) is 4.43. The van der Waals surface area contributed by atoms with Gasteiger partial charge in [-0.2, -0.15) is 0 Å². The van der Waals surface area contributed by atoms with Crippen molar-refractivity contribution in [3.8, 4) is 0 Å². The number of carbonyl (C=O) groups is 2. The van der Waals surface area contributed by atoms with Gasteiger partial charge in [0.2, 0.25) is 0 Å². The van der Waals surface area contributed by atoms with Crippen molar-refractivity contribution in [1.82, 2.24) is 0 Å². The third-order valence-corrected chi connectivity index (χ3v) is 5.01. The van der Waals surface area contributed by atoms with Gasteiger partial charge < -0.3 is 4.74 Å². The number of ether oxygens (including phenoxy) is 1. The molecule has 21 heavy (non-hydrogen) atoms. The molecule has 2 fully saturated rings. The molecule has 0 aliphatic heterocycles. The predicted molar refractivity (Wildman–Crippen MR) is 82.9 cm³/mol. The van der Waals surface area contributed by atoms with Crippen molar-refractivity contribution < 1.29 is 14.3 Å². The molecule has 1 atom stereocenters. The van der Waals surface area contributed by atoms with Crippen molar-refractivity contribution in [2.75, 3.05) is 0 Å². The molecule has 0 aromatic rings. The Morgan fingerprint density at radius 2 is 1.52 bits per heavy atom. The van der Waals surface area contributed by atoms with Crippen molar-refractivity contribution in [3.05, 3.63) is 0 Å². The van der Waals surface area contributed by atoms with Gasteiger partial charge in [-0.1, -0.05) is 45.4 Å². The van der Waals surface area contributed by atoms with E-state index in [2.05, 4.69) is 0 Å². The molecule has 0 radical (unpaired) electrons. The summed E-state index contributed by atoms with van der Waals surface area (Å²) in [4.78, 5) is 24.2.